The standard InChI is InChI=1S/C15H24N2O2/c1-11(2)17-6-7-18-13(9-17)10-19-15-8-12(3)4-5-14(15)16/h4-5,8,11,13H,6-7,9-10,16H2,1-3H3. The first-order valence-corrected chi connectivity index (χ1v) is 6.91. The van der Waals surface area contributed by atoms with Gasteiger partial charge in [-0.3, -0.25) is 4.90 Å². The van der Waals surface area contributed by atoms with Gasteiger partial charge in [-0.25, -0.2) is 0 Å². The van der Waals surface area contributed by atoms with Crippen LogP contribution in [0.2, 0.25) is 0 Å². The Balaban J connectivity index is 1.89. The van der Waals surface area contributed by atoms with Crippen LogP contribution in [0.15, 0.2) is 18.2 Å². The largest absolute Gasteiger partial charge is 0.489 e. The molecular formula is C15H24N2O2. The molecular weight excluding hydrogens is 240 g/mol. The van der Waals surface area contributed by atoms with Crippen LogP contribution < -0.4 is 10.5 Å². The Labute approximate surface area is 115 Å². The van der Waals surface area contributed by atoms with E-state index in [4.69, 9.17) is 15.2 Å². The summed E-state index contributed by atoms with van der Waals surface area (Å²) in [6, 6.07) is 6.39. The first-order chi connectivity index (χ1) is 9.06. The minimum Gasteiger partial charge on any atom is -0.489 e. The fourth-order valence-electron chi connectivity index (χ4n) is 2.26. The molecule has 19 heavy (non-hydrogen) atoms. The van der Waals surface area contributed by atoms with E-state index in [0.29, 0.717) is 18.3 Å². The molecule has 1 heterocycles. The highest BCUT2D eigenvalue weighted by atomic mass is 16.5. The summed E-state index contributed by atoms with van der Waals surface area (Å²) in [5.74, 6) is 0.755. The topological polar surface area (TPSA) is 47.7 Å². The number of ether oxygens (including phenoxy) is 2. The molecule has 0 aromatic heterocycles. The fraction of sp³-hybridized carbons (Fsp3) is 0.600. The van der Waals surface area contributed by atoms with Crippen molar-refractivity contribution < 1.29 is 9.47 Å². The summed E-state index contributed by atoms with van der Waals surface area (Å²) in [6.07, 6.45) is 0.121. The van der Waals surface area contributed by atoms with E-state index in [1.807, 2.05) is 25.1 Å². The van der Waals surface area contributed by atoms with Crippen molar-refractivity contribution >= 4 is 5.69 Å². The Morgan fingerprint density at radius 2 is 2.26 bits per heavy atom. The molecule has 0 amide bonds. The summed E-state index contributed by atoms with van der Waals surface area (Å²) >= 11 is 0. The van der Waals surface area contributed by atoms with Crippen LogP contribution >= 0.6 is 0 Å². The van der Waals surface area contributed by atoms with E-state index in [-0.39, 0.29) is 6.10 Å². The minimum absolute atomic E-state index is 0.121. The maximum Gasteiger partial charge on any atom is 0.142 e. The average molecular weight is 264 g/mol. The molecule has 1 atom stereocenters. The fourth-order valence-corrected chi connectivity index (χ4v) is 2.26. The average Bonchev–Trinajstić information content (AvgIpc) is 2.40. The molecule has 4 heteroatoms. The lowest BCUT2D eigenvalue weighted by Crippen LogP contribution is -2.47. The summed E-state index contributed by atoms with van der Waals surface area (Å²) in [7, 11) is 0. The maximum atomic E-state index is 5.90. The molecule has 2 N–H and O–H groups in total. The first-order valence-electron chi connectivity index (χ1n) is 6.91. The van der Waals surface area contributed by atoms with Gasteiger partial charge >= 0.3 is 0 Å². The third kappa shape index (κ3) is 3.85. The second-order valence-corrected chi connectivity index (χ2v) is 5.43. The number of anilines is 1. The minimum atomic E-state index is 0.121. The third-order valence-electron chi connectivity index (χ3n) is 3.49. The van der Waals surface area contributed by atoms with E-state index in [1.54, 1.807) is 0 Å². The number of aryl methyl sites for hydroxylation is 1. The molecule has 1 fully saturated rings. The number of nitrogen functional groups attached to an aromatic ring is 1. The van der Waals surface area contributed by atoms with Gasteiger partial charge in [0.05, 0.1) is 12.3 Å². The van der Waals surface area contributed by atoms with E-state index in [0.717, 1.165) is 31.0 Å². The highest BCUT2D eigenvalue weighted by molar-refractivity contribution is 5.53. The molecule has 1 unspecified atom stereocenters. The summed E-state index contributed by atoms with van der Waals surface area (Å²) in [5.41, 5.74) is 7.74. The van der Waals surface area contributed by atoms with Gasteiger partial charge in [0.15, 0.2) is 0 Å². The van der Waals surface area contributed by atoms with Gasteiger partial charge in [0, 0.05) is 19.1 Å². The van der Waals surface area contributed by atoms with Gasteiger partial charge in [-0.15, -0.1) is 0 Å². The van der Waals surface area contributed by atoms with Crippen LogP contribution in [0.4, 0.5) is 5.69 Å². The van der Waals surface area contributed by atoms with Crippen molar-refractivity contribution in [2.45, 2.75) is 32.9 Å². The number of nitrogens with zero attached hydrogens (tertiary/aromatic N) is 1. The third-order valence-corrected chi connectivity index (χ3v) is 3.49. The second kappa shape index (κ2) is 6.26. The number of morpholine rings is 1. The molecule has 1 aliphatic heterocycles. The van der Waals surface area contributed by atoms with Crippen molar-refractivity contribution in [1.82, 2.24) is 4.90 Å². The van der Waals surface area contributed by atoms with Gasteiger partial charge in [0.1, 0.15) is 18.5 Å². The molecule has 1 saturated heterocycles. The second-order valence-electron chi connectivity index (χ2n) is 5.43. The molecule has 106 valence electrons. The lowest BCUT2D eigenvalue weighted by molar-refractivity contribution is -0.0563. The Morgan fingerprint density at radius 1 is 1.47 bits per heavy atom. The molecule has 0 saturated carbocycles. The van der Waals surface area contributed by atoms with E-state index in [9.17, 15) is 0 Å². The van der Waals surface area contributed by atoms with Gasteiger partial charge in [-0.05, 0) is 38.5 Å². The molecule has 0 aliphatic carbocycles. The number of rotatable bonds is 4. The predicted molar refractivity (Wildman–Crippen MR) is 77.5 cm³/mol. The summed E-state index contributed by atoms with van der Waals surface area (Å²) < 4.78 is 11.6. The SMILES string of the molecule is Cc1ccc(N)c(OCC2CN(C(C)C)CCO2)c1. The zero-order chi connectivity index (χ0) is 13.8. The summed E-state index contributed by atoms with van der Waals surface area (Å²) in [6.45, 7) is 9.70. The monoisotopic (exact) mass is 264 g/mol. The van der Waals surface area contributed by atoms with Gasteiger partial charge in [-0.2, -0.15) is 0 Å². The summed E-state index contributed by atoms with van der Waals surface area (Å²) in [5, 5.41) is 0. The van der Waals surface area contributed by atoms with Crippen molar-refractivity contribution in [3.8, 4) is 5.75 Å². The molecule has 4 nitrogen and oxygen atoms in total. The molecule has 0 spiro atoms. The number of hydrogen-bond acceptors (Lipinski definition) is 4. The lowest BCUT2D eigenvalue weighted by Gasteiger charge is -2.35. The van der Waals surface area contributed by atoms with Crippen LogP contribution in [0.5, 0.6) is 5.75 Å². The van der Waals surface area contributed by atoms with Gasteiger partial charge in [0.2, 0.25) is 0 Å². The molecule has 2 rings (SSSR count). The highest BCUT2D eigenvalue weighted by Crippen LogP contribution is 2.23. The van der Waals surface area contributed by atoms with Gasteiger partial charge < -0.3 is 15.2 Å². The van der Waals surface area contributed by atoms with Gasteiger partial charge in [0.25, 0.3) is 0 Å². The smallest absolute Gasteiger partial charge is 0.142 e. The Bertz CT molecular complexity index is 421. The molecule has 1 aromatic rings. The van der Waals surface area contributed by atoms with Crippen LogP contribution in [0.3, 0.4) is 0 Å². The van der Waals surface area contributed by atoms with E-state index in [2.05, 4.69) is 18.7 Å². The van der Waals surface area contributed by atoms with E-state index in [1.165, 1.54) is 0 Å². The van der Waals surface area contributed by atoms with Gasteiger partial charge in [-0.1, -0.05) is 6.07 Å². The maximum absolute atomic E-state index is 5.90. The Kier molecular flexibility index (Phi) is 4.66. The Hall–Kier alpha value is -1.26. The number of hydrogen-bond donors (Lipinski definition) is 1. The quantitative estimate of drug-likeness (QED) is 0.846. The lowest BCUT2D eigenvalue weighted by atomic mass is 10.2. The van der Waals surface area contributed by atoms with Crippen molar-refractivity contribution in [3.63, 3.8) is 0 Å². The number of nitrogens with two attached hydrogens (primary N) is 1. The van der Waals surface area contributed by atoms with Crippen LogP contribution in [0.1, 0.15) is 19.4 Å². The van der Waals surface area contributed by atoms with Crippen molar-refractivity contribution in [3.05, 3.63) is 23.8 Å². The molecule has 1 aromatic carbocycles. The van der Waals surface area contributed by atoms with Crippen LogP contribution in [-0.4, -0.2) is 43.3 Å². The van der Waals surface area contributed by atoms with Crippen molar-refractivity contribution in [1.29, 1.82) is 0 Å². The van der Waals surface area contributed by atoms with Crippen molar-refractivity contribution in [2.24, 2.45) is 0 Å². The zero-order valence-electron chi connectivity index (χ0n) is 12.1. The summed E-state index contributed by atoms with van der Waals surface area (Å²) in [4.78, 5) is 2.41. The van der Waals surface area contributed by atoms with Crippen LogP contribution in [0, 0.1) is 6.92 Å². The Morgan fingerprint density at radius 3 is 3.00 bits per heavy atom. The molecule has 0 radical (unpaired) electrons. The number of benzene rings is 1. The predicted octanol–water partition coefficient (Wildman–Crippen LogP) is 2.07. The molecule has 1 aliphatic rings. The normalized spacial score (nSPS) is 20.7. The highest BCUT2D eigenvalue weighted by Gasteiger charge is 2.22. The zero-order valence-corrected chi connectivity index (χ0v) is 12.1. The molecule has 0 bridgehead atoms. The van der Waals surface area contributed by atoms with E-state index < -0.39 is 0 Å². The van der Waals surface area contributed by atoms with Crippen molar-refractivity contribution in [2.75, 3.05) is 32.0 Å². The van der Waals surface area contributed by atoms with E-state index >= 15 is 0 Å². The van der Waals surface area contributed by atoms with Crippen LogP contribution in [-0.2, 0) is 4.74 Å². The first kappa shape index (κ1) is 14.2. The van der Waals surface area contributed by atoms with Crippen LogP contribution in [0.25, 0.3) is 0 Å².